The highest BCUT2D eigenvalue weighted by atomic mass is 15.0. The van der Waals surface area contributed by atoms with Gasteiger partial charge in [0, 0.05) is 18.1 Å². The van der Waals surface area contributed by atoms with Gasteiger partial charge in [-0.25, -0.2) is 0 Å². The molecule has 0 bridgehead atoms. The Bertz CT molecular complexity index is 164. The maximum atomic E-state index is 5.97. The number of nitrogens with one attached hydrogen (secondary N) is 1. The summed E-state index contributed by atoms with van der Waals surface area (Å²) >= 11 is 0. The largest absolute Gasteiger partial charge is 0.324 e. The second-order valence-electron chi connectivity index (χ2n) is 5.88. The smallest absolute Gasteiger partial charge is 0.0223 e. The van der Waals surface area contributed by atoms with E-state index >= 15 is 0 Å². The zero-order valence-electron chi connectivity index (χ0n) is 10.7. The molecule has 3 N–H and O–H groups in total. The molecule has 1 saturated carbocycles. The summed E-state index contributed by atoms with van der Waals surface area (Å²) in [6.07, 6.45) is 8.29. The van der Waals surface area contributed by atoms with Gasteiger partial charge in [0.15, 0.2) is 0 Å². The lowest BCUT2D eigenvalue weighted by Crippen LogP contribution is -2.47. The third-order valence-corrected chi connectivity index (χ3v) is 3.39. The first-order chi connectivity index (χ1) is 7.01. The maximum Gasteiger partial charge on any atom is 0.0223 e. The van der Waals surface area contributed by atoms with Crippen LogP contribution in [0.1, 0.15) is 59.3 Å². The second-order valence-corrected chi connectivity index (χ2v) is 5.88. The number of hydrogen-bond donors (Lipinski definition) is 2. The van der Waals surface area contributed by atoms with Crippen LogP contribution in [0.4, 0.5) is 0 Å². The Morgan fingerprint density at radius 3 is 2.27 bits per heavy atom. The molecule has 0 unspecified atom stereocenters. The van der Waals surface area contributed by atoms with Crippen LogP contribution in [0.5, 0.6) is 0 Å². The minimum Gasteiger partial charge on any atom is -0.324 e. The van der Waals surface area contributed by atoms with E-state index in [1.165, 1.54) is 38.5 Å². The van der Waals surface area contributed by atoms with E-state index in [1.54, 1.807) is 0 Å². The molecule has 2 heteroatoms. The van der Waals surface area contributed by atoms with E-state index in [1.807, 2.05) is 0 Å². The molecule has 2 nitrogen and oxygen atoms in total. The van der Waals surface area contributed by atoms with Gasteiger partial charge >= 0.3 is 0 Å². The molecule has 1 aliphatic carbocycles. The summed E-state index contributed by atoms with van der Waals surface area (Å²) in [6, 6.07) is 0.723. The molecule has 0 saturated heterocycles. The molecule has 0 spiro atoms. The maximum absolute atomic E-state index is 5.97. The second kappa shape index (κ2) is 5.86. The van der Waals surface area contributed by atoms with Crippen molar-refractivity contribution in [2.75, 3.05) is 6.54 Å². The lowest BCUT2D eigenvalue weighted by Gasteiger charge is -2.31. The van der Waals surface area contributed by atoms with E-state index in [4.69, 9.17) is 5.73 Å². The summed E-state index contributed by atoms with van der Waals surface area (Å²) in [6.45, 7) is 7.41. The summed E-state index contributed by atoms with van der Waals surface area (Å²) in [5.41, 5.74) is 5.90. The van der Waals surface area contributed by atoms with Crippen LogP contribution in [0.3, 0.4) is 0 Å². The monoisotopic (exact) mass is 212 g/mol. The van der Waals surface area contributed by atoms with E-state index in [9.17, 15) is 0 Å². The fraction of sp³-hybridized carbons (Fsp3) is 1.00. The van der Waals surface area contributed by atoms with Gasteiger partial charge in [-0.05, 0) is 45.4 Å². The van der Waals surface area contributed by atoms with Crippen LogP contribution >= 0.6 is 0 Å². The fourth-order valence-electron chi connectivity index (χ4n) is 2.47. The zero-order valence-corrected chi connectivity index (χ0v) is 10.7. The van der Waals surface area contributed by atoms with Crippen molar-refractivity contribution in [1.82, 2.24) is 5.32 Å². The number of rotatable bonds is 5. The van der Waals surface area contributed by atoms with Crippen LogP contribution in [0.25, 0.3) is 0 Å². The molecule has 0 heterocycles. The molecule has 90 valence electrons. The zero-order chi connectivity index (χ0) is 11.3. The first-order valence-electron chi connectivity index (χ1n) is 6.53. The summed E-state index contributed by atoms with van der Waals surface area (Å²) in [5, 5.41) is 3.60. The van der Waals surface area contributed by atoms with E-state index in [2.05, 4.69) is 26.1 Å². The Labute approximate surface area is 95.0 Å². The van der Waals surface area contributed by atoms with E-state index in [0.717, 1.165) is 18.5 Å². The lowest BCUT2D eigenvalue weighted by atomic mass is 9.83. The third-order valence-electron chi connectivity index (χ3n) is 3.39. The average molecular weight is 212 g/mol. The SMILES string of the molecule is CCCC1CCC(NCC(C)(C)N)CC1. The molecule has 1 aliphatic rings. The van der Waals surface area contributed by atoms with Gasteiger partial charge in [0.2, 0.25) is 0 Å². The Hall–Kier alpha value is -0.0800. The highest BCUT2D eigenvalue weighted by Crippen LogP contribution is 2.27. The molecule has 0 aromatic rings. The molecule has 0 aromatic carbocycles. The highest BCUT2D eigenvalue weighted by molar-refractivity contribution is 4.81. The summed E-state index contributed by atoms with van der Waals surface area (Å²) < 4.78 is 0. The minimum atomic E-state index is -0.0692. The Kier molecular flexibility index (Phi) is 5.07. The molecule has 0 aromatic heterocycles. The predicted molar refractivity (Wildman–Crippen MR) is 66.9 cm³/mol. The van der Waals surface area contributed by atoms with Gasteiger partial charge < -0.3 is 11.1 Å². The van der Waals surface area contributed by atoms with Crippen molar-refractivity contribution in [2.45, 2.75) is 70.9 Å². The van der Waals surface area contributed by atoms with Crippen LogP contribution < -0.4 is 11.1 Å². The van der Waals surface area contributed by atoms with Gasteiger partial charge in [0.25, 0.3) is 0 Å². The standard InChI is InChI=1S/C13H28N2/c1-4-5-11-6-8-12(9-7-11)15-10-13(2,3)14/h11-12,15H,4-10,14H2,1-3H3. The number of nitrogens with two attached hydrogens (primary N) is 1. The van der Waals surface area contributed by atoms with Crippen LogP contribution in [-0.4, -0.2) is 18.1 Å². The van der Waals surface area contributed by atoms with Gasteiger partial charge in [-0.2, -0.15) is 0 Å². The van der Waals surface area contributed by atoms with Crippen LogP contribution in [0.15, 0.2) is 0 Å². The molecular formula is C13H28N2. The fourth-order valence-corrected chi connectivity index (χ4v) is 2.47. The normalized spacial score (nSPS) is 28.0. The van der Waals surface area contributed by atoms with Gasteiger partial charge in [-0.1, -0.05) is 19.8 Å². The Morgan fingerprint density at radius 1 is 1.20 bits per heavy atom. The van der Waals surface area contributed by atoms with Crippen molar-refractivity contribution in [3.8, 4) is 0 Å². The van der Waals surface area contributed by atoms with Gasteiger partial charge in [-0.15, -0.1) is 0 Å². The summed E-state index contributed by atoms with van der Waals surface area (Å²) in [7, 11) is 0. The molecule has 0 atom stereocenters. The summed E-state index contributed by atoms with van der Waals surface area (Å²) in [4.78, 5) is 0. The molecule has 15 heavy (non-hydrogen) atoms. The van der Waals surface area contributed by atoms with Gasteiger partial charge in [0.1, 0.15) is 0 Å². The molecule has 1 rings (SSSR count). The Balaban J connectivity index is 2.15. The topological polar surface area (TPSA) is 38.0 Å². The molecule has 1 fully saturated rings. The Morgan fingerprint density at radius 2 is 1.80 bits per heavy atom. The van der Waals surface area contributed by atoms with Crippen molar-refractivity contribution < 1.29 is 0 Å². The van der Waals surface area contributed by atoms with E-state index < -0.39 is 0 Å². The average Bonchev–Trinajstić information content (AvgIpc) is 2.16. The van der Waals surface area contributed by atoms with Gasteiger partial charge in [0.05, 0.1) is 0 Å². The molecule has 0 radical (unpaired) electrons. The first kappa shape index (κ1) is 13.0. The quantitative estimate of drug-likeness (QED) is 0.735. The molecule has 0 amide bonds. The van der Waals surface area contributed by atoms with E-state index in [0.29, 0.717) is 0 Å². The minimum absolute atomic E-state index is 0.0692. The molecule has 0 aliphatic heterocycles. The van der Waals surface area contributed by atoms with Gasteiger partial charge in [-0.3, -0.25) is 0 Å². The lowest BCUT2D eigenvalue weighted by molar-refractivity contribution is 0.268. The number of hydrogen-bond acceptors (Lipinski definition) is 2. The van der Waals surface area contributed by atoms with Crippen LogP contribution in [0, 0.1) is 5.92 Å². The van der Waals surface area contributed by atoms with Crippen molar-refractivity contribution in [2.24, 2.45) is 11.7 Å². The first-order valence-corrected chi connectivity index (χ1v) is 6.53. The van der Waals surface area contributed by atoms with Crippen molar-refractivity contribution >= 4 is 0 Å². The van der Waals surface area contributed by atoms with Crippen LogP contribution in [0.2, 0.25) is 0 Å². The summed E-state index contributed by atoms with van der Waals surface area (Å²) in [5.74, 6) is 0.999. The molecular weight excluding hydrogens is 184 g/mol. The van der Waals surface area contributed by atoms with Crippen LogP contribution in [-0.2, 0) is 0 Å². The highest BCUT2D eigenvalue weighted by Gasteiger charge is 2.21. The van der Waals surface area contributed by atoms with Crippen molar-refractivity contribution in [3.05, 3.63) is 0 Å². The third kappa shape index (κ3) is 5.53. The van der Waals surface area contributed by atoms with Crippen molar-refractivity contribution in [1.29, 1.82) is 0 Å². The predicted octanol–water partition coefficient (Wildman–Crippen LogP) is 2.67. The van der Waals surface area contributed by atoms with Crippen molar-refractivity contribution in [3.63, 3.8) is 0 Å². The van der Waals surface area contributed by atoms with E-state index in [-0.39, 0.29) is 5.54 Å².